The Hall–Kier alpha value is -1.41. The van der Waals surface area contributed by atoms with Crippen LogP contribution in [0.5, 0.6) is 0 Å². The number of nitrogens with two attached hydrogens (primary N) is 1. The number of benzene rings is 1. The summed E-state index contributed by atoms with van der Waals surface area (Å²) in [6, 6.07) is 5.92. The maximum Gasteiger partial charge on any atom is 0.251 e. The highest BCUT2D eigenvalue weighted by Crippen LogP contribution is 2.17. The van der Waals surface area contributed by atoms with Crippen molar-refractivity contribution >= 4 is 28.3 Å². The lowest BCUT2D eigenvalue weighted by atomic mass is 9.90. The summed E-state index contributed by atoms with van der Waals surface area (Å²) < 4.78 is 26.7. The number of hydrogen-bond acceptors (Lipinski definition) is 4. The molecule has 25 heavy (non-hydrogen) atoms. The molecule has 0 spiro atoms. The third-order valence-electron chi connectivity index (χ3n) is 3.55. The van der Waals surface area contributed by atoms with Crippen molar-refractivity contribution < 1.29 is 13.2 Å². The van der Waals surface area contributed by atoms with Gasteiger partial charge in [-0.05, 0) is 37.5 Å². The lowest BCUT2D eigenvalue weighted by molar-refractivity contribution is 0.0898. The maximum atomic E-state index is 12.5. The molecule has 1 amide bonds. The molecule has 0 fully saturated rings. The molecule has 1 aromatic rings. The lowest BCUT2D eigenvalue weighted by Crippen LogP contribution is -2.52. The first kappa shape index (κ1) is 23.6. The Morgan fingerprint density at radius 1 is 1.40 bits per heavy atom. The molecular formula is C17H28ClN3O3S. The van der Waals surface area contributed by atoms with E-state index < -0.39 is 15.6 Å². The number of hydrogen-bond donors (Lipinski definition) is 3. The number of nitrogens with one attached hydrogen (secondary N) is 2. The van der Waals surface area contributed by atoms with Gasteiger partial charge in [0, 0.05) is 24.2 Å². The van der Waals surface area contributed by atoms with Gasteiger partial charge in [0.2, 0.25) is 10.0 Å². The van der Waals surface area contributed by atoms with Crippen LogP contribution in [0.1, 0.15) is 37.6 Å². The second kappa shape index (κ2) is 9.91. The van der Waals surface area contributed by atoms with Crippen molar-refractivity contribution in [2.75, 3.05) is 13.1 Å². The van der Waals surface area contributed by atoms with Crippen LogP contribution in [-0.2, 0) is 10.0 Å². The zero-order valence-corrected chi connectivity index (χ0v) is 16.5. The number of sulfonamides is 1. The highest BCUT2D eigenvalue weighted by molar-refractivity contribution is 7.89. The smallest absolute Gasteiger partial charge is 0.251 e. The maximum absolute atomic E-state index is 12.5. The van der Waals surface area contributed by atoms with Gasteiger partial charge in [-0.25, -0.2) is 13.1 Å². The van der Waals surface area contributed by atoms with Crippen LogP contribution in [0, 0.1) is 5.92 Å². The first-order valence-corrected chi connectivity index (χ1v) is 9.35. The zero-order valence-electron chi connectivity index (χ0n) is 14.9. The van der Waals surface area contributed by atoms with Crippen LogP contribution in [0.25, 0.3) is 0 Å². The minimum absolute atomic E-state index is 0. The molecule has 6 nitrogen and oxygen atoms in total. The number of amides is 1. The number of halogens is 1. The average Bonchev–Trinajstić information content (AvgIpc) is 2.52. The fourth-order valence-corrected chi connectivity index (χ4v) is 3.53. The summed E-state index contributed by atoms with van der Waals surface area (Å²) in [6.45, 7) is 9.89. The van der Waals surface area contributed by atoms with E-state index in [0.29, 0.717) is 12.5 Å². The van der Waals surface area contributed by atoms with E-state index in [0.717, 1.165) is 6.42 Å². The molecule has 0 saturated heterocycles. The molecule has 0 bridgehead atoms. The first-order chi connectivity index (χ1) is 11.1. The normalized spacial score (nSPS) is 13.6. The van der Waals surface area contributed by atoms with Gasteiger partial charge in [-0.15, -0.1) is 19.0 Å². The molecule has 0 aliphatic heterocycles. The van der Waals surface area contributed by atoms with Crippen LogP contribution in [0.2, 0.25) is 0 Å². The van der Waals surface area contributed by atoms with E-state index in [4.69, 9.17) is 5.73 Å². The molecule has 1 unspecified atom stereocenters. The van der Waals surface area contributed by atoms with E-state index in [1.807, 2.05) is 6.92 Å². The van der Waals surface area contributed by atoms with E-state index in [1.54, 1.807) is 12.1 Å². The average molecular weight is 390 g/mol. The predicted molar refractivity (Wildman–Crippen MR) is 103 cm³/mol. The van der Waals surface area contributed by atoms with Gasteiger partial charge in [-0.1, -0.05) is 26.0 Å². The van der Waals surface area contributed by atoms with Crippen LogP contribution < -0.4 is 15.8 Å². The summed E-state index contributed by atoms with van der Waals surface area (Å²) in [4.78, 5) is 12.5. The first-order valence-electron chi connectivity index (χ1n) is 7.87. The van der Waals surface area contributed by atoms with Crippen LogP contribution in [0.3, 0.4) is 0 Å². The van der Waals surface area contributed by atoms with E-state index in [2.05, 4.69) is 30.5 Å². The Morgan fingerprint density at radius 2 is 2.04 bits per heavy atom. The van der Waals surface area contributed by atoms with Gasteiger partial charge in [-0.2, -0.15) is 0 Å². The van der Waals surface area contributed by atoms with Gasteiger partial charge in [0.1, 0.15) is 0 Å². The Kier molecular flexibility index (Phi) is 9.35. The van der Waals surface area contributed by atoms with E-state index in [-0.39, 0.29) is 35.3 Å². The molecule has 1 atom stereocenters. The van der Waals surface area contributed by atoms with Crippen molar-refractivity contribution in [1.29, 1.82) is 0 Å². The van der Waals surface area contributed by atoms with Crippen LogP contribution in [0.4, 0.5) is 0 Å². The number of carbonyl (C=O) groups is 1. The Bertz CT molecular complexity index is 692. The summed E-state index contributed by atoms with van der Waals surface area (Å²) in [5.74, 6) is 0.0260. The van der Waals surface area contributed by atoms with Crippen LogP contribution in [0.15, 0.2) is 41.8 Å². The minimum atomic E-state index is -3.67. The minimum Gasteiger partial charge on any atom is -0.346 e. The SMILES string of the molecule is C=CCNS(=O)(=O)c1cccc(C(=O)NC(C)(CN)CC(C)C)c1.Cl. The predicted octanol–water partition coefficient (Wildman–Crippen LogP) is 2.07. The largest absolute Gasteiger partial charge is 0.346 e. The Morgan fingerprint density at radius 3 is 2.56 bits per heavy atom. The molecule has 0 saturated carbocycles. The molecule has 4 N–H and O–H groups in total. The summed E-state index contributed by atoms with van der Waals surface area (Å²) in [6.07, 6.45) is 2.18. The molecule has 0 radical (unpaired) electrons. The number of rotatable bonds is 9. The Labute approximate surface area is 156 Å². The van der Waals surface area contributed by atoms with Crippen LogP contribution in [-0.4, -0.2) is 33.0 Å². The second-order valence-corrected chi connectivity index (χ2v) is 8.25. The van der Waals surface area contributed by atoms with E-state index in [1.165, 1.54) is 18.2 Å². The molecule has 0 aliphatic carbocycles. The molecule has 8 heteroatoms. The highest BCUT2D eigenvalue weighted by atomic mass is 35.5. The summed E-state index contributed by atoms with van der Waals surface area (Å²) in [7, 11) is -3.67. The van der Waals surface area contributed by atoms with E-state index in [9.17, 15) is 13.2 Å². The fourth-order valence-electron chi connectivity index (χ4n) is 2.49. The van der Waals surface area contributed by atoms with E-state index >= 15 is 0 Å². The van der Waals surface area contributed by atoms with Gasteiger partial charge in [0.05, 0.1) is 4.90 Å². The molecule has 1 rings (SSSR count). The molecule has 0 heterocycles. The third kappa shape index (κ3) is 7.15. The molecule has 0 aliphatic rings. The van der Waals surface area contributed by atoms with Crippen molar-refractivity contribution in [3.63, 3.8) is 0 Å². The van der Waals surface area contributed by atoms with Crippen LogP contribution >= 0.6 is 12.4 Å². The molecule has 142 valence electrons. The topological polar surface area (TPSA) is 101 Å². The van der Waals surface area contributed by atoms with Crippen molar-refractivity contribution in [3.8, 4) is 0 Å². The van der Waals surface area contributed by atoms with Gasteiger partial charge >= 0.3 is 0 Å². The van der Waals surface area contributed by atoms with Gasteiger partial charge < -0.3 is 11.1 Å². The molecular weight excluding hydrogens is 362 g/mol. The monoisotopic (exact) mass is 389 g/mol. The lowest BCUT2D eigenvalue weighted by Gasteiger charge is -2.31. The summed E-state index contributed by atoms with van der Waals surface area (Å²) in [5.41, 5.74) is 5.54. The van der Waals surface area contributed by atoms with Gasteiger partial charge in [0.25, 0.3) is 5.91 Å². The van der Waals surface area contributed by atoms with Gasteiger partial charge in [-0.3, -0.25) is 4.79 Å². The molecule has 0 aromatic heterocycles. The third-order valence-corrected chi connectivity index (χ3v) is 4.97. The zero-order chi connectivity index (χ0) is 18.4. The standard InChI is InChI=1S/C17H27N3O3S.ClH/c1-5-9-19-24(22,23)15-8-6-7-14(10-15)16(21)20-17(4,12-18)11-13(2)3;/h5-8,10,13,19H,1,9,11-12,18H2,2-4H3,(H,20,21);1H. The van der Waals surface area contributed by atoms with Crippen molar-refractivity contribution in [1.82, 2.24) is 10.0 Å². The quantitative estimate of drug-likeness (QED) is 0.562. The summed E-state index contributed by atoms with van der Waals surface area (Å²) >= 11 is 0. The molecule has 1 aromatic carbocycles. The Balaban J connectivity index is 0.00000576. The summed E-state index contributed by atoms with van der Waals surface area (Å²) in [5, 5.41) is 2.92. The van der Waals surface area contributed by atoms with Gasteiger partial charge in [0.15, 0.2) is 0 Å². The van der Waals surface area contributed by atoms with Crippen molar-refractivity contribution in [3.05, 3.63) is 42.5 Å². The second-order valence-electron chi connectivity index (χ2n) is 6.49. The van der Waals surface area contributed by atoms with Crippen molar-refractivity contribution in [2.24, 2.45) is 11.7 Å². The number of carbonyl (C=O) groups excluding carboxylic acids is 1. The fraction of sp³-hybridized carbons (Fsp3) is 0.471. The van der Waals surface area contributed by atoms with Crippen molar-refractivity contribution in [2.45, 2.75) is 37.6 Å². The highest BCUT2D eigenvalue weighted by Gasteiger charge is 2.26.